The molecule has 0 fully saturated rings. The number of aromatic nitrogens is 1. The number of rotatable bonds is 7. The summed E-state index contributed by atoms with van der Waals surface area (Å²) in [5.74, 6) is -0.860. The number of hydrogen-bond acceptors (Lipinski definition) is 3. The minimum atomic E-state index is -0.860. The van der Waals surface area contributed by atoms with Gasteiger partial charge in [-0.3, -0.25) is 4.79 Å². The van der Waals surface area contributed by atoms with E-state index < -0.39 is 5.97 Å². The summed E-state index contributed by atoms with van der Waals surface area (Å²) in [5.41, 5.74) is 4.01. The molecule has 0 unspecified atom stereocenters. The molecule has 0 spiro atoms. The highest BCUT2D eigenvalue weighted by Crippen LogP contribution is 2.42. The van der Waals surface area contributed by atoms with E-state index in [1.54, 1.807) is 11.8 Å². The molecule has 1 aromatic heterocycles. The number of carboxylic acid groups (broad SMARTS) is 1. The molecule has 152 valence electrons. The summed E-state index contributed by atoms with van der Waals surface area (Å²) < 4.78 is 1.86. The molecule has 4 nitrogen and oxygen atoms in total. The monoisotopic (exact) mass is 436 g/mol. The zero-order valence-electron chi connectivity index (χ0n) is 16.4. The van der Waals surface area contributed by atoms with E-state index in [4.69, 9.17) is 11.6 Å². The highest BCUT2D eigenvalue weighted by molar-refractivity contribution is 7.99. The third-order valence-electron chi connectivity index (χ3n) is 4.95. The maximum Gasteiger partial charge on any atom is 0.323 e. The van der Waals surface area contributed by atoms with Crippen molar-refractivity contribution in [2.24, 2.45) is 0 Å². The van der Waals surface area contributed by atoms with Crippen molar-refractivity contribution in [1.29, 1.82) is 0 Å². The van der Waals surface area contributed by atoms with Gasteiger partial charge in [-0.15, -0.1) is 0 Å². The van der Waals surface area contributed by atoms with Crippen molar-refractivity contribution in [2.45, 2.75) is 29.8 Å². The molecule has 0 bridgehead atoms. The van der Waals surface area contributed by atoms with Crippen LogP contribution in [0.5, 0.6) is 0 Å². The summed E-state index contributed by atoms with van der Waals surface area (Å²) in [4.78, 5) is 13.6. The lowest BCUT2D eigenvalue weighted by Gasteiger charge is -2.10. The Morgan fingerprint density at radius 1 is 1.03 bits per heavy atom. The maximum absolute atomic E-state index is 11.5. The number of nitrogens with one attached hydrogen (secondary N) is 1. The lowest BCUT2D eigenvalue weighted by molar-refractivity contribution is -0.137. The van der Waals surface area contributed by atoms with Crippen LogP contribution in [-0.2, 0) is 17.9 Å². The fourth-order valence-electron chi connectivity index (χ4n) is 3.51. The fourth-order valence-corrected chi connectivity index (χ4v) is 4.72. The van der Waals surface area contributed by atoms with E-state index in [1.165, 1.54) is 5.56 Å². The van der Waals surface area contributed by atoms with Crippen molar-refractivity contribution < 1.29 is 9.90 Å². The van der Waals surface area contributed by atoms with Gasteiger partial charge in [0.15, 0.2) is 0 Å². The van der Waals surface area contributed by atoms with Crippen LogP contribution >= 0.6 is 23.4 Å². The van der Waals surface area contributed by atoms with Gasteiger partial charge in [0.1, 0.15) is 6.54 Å². The Bertz CT molecular complexity index is 1190. The molecule has 0 saturated heterocycles. The highest BCUT2D eigenvalue weighted by Gasteiger charge is 2.19. The van der Waals surface area contributed by atoms with Crippen molar-refractivity contribution in [3.05, 3.63) is 89.1 Å². The molecule has 0 amide bonds. The Labute approximate surface area is 184 Å². The summed E-state index contributed by atoms with van der Waals surface area (Å²) in [5, 5.41) is 14.7. The molecule has 0 aliphatic carbocycles. The first-order valence-electron chi connectivity index (χ1n) is 9.58. The average Bonchev–Trinajstić information content (AvgIpc) is 3.00. The highest BCUT2D eigenvalue weighted by atomic mass is 35.5. The van der Waals surface area contributed by atoms with Crippen molar-refractivity contribution in [3.63, 3.8) is 0 Å². The molecule has 3 aromatic carbocycles. The number of nitrogens with zero attached hydrogens (tertiary/aromatic N) is 1. The molecule has 4 rings (SSSR count). The van der Waals surface area contributed by atoms with E-state index in [-0.39, 0.29) is 6.54 Å². The Hall–Kier alpha value is -2.89. The SMILES string of the molecule is Cc1c(Sc2ccc(Cl)cc2)c2c(NCc3ccccc3)cccc2n1CC(=O)O. The Morgan fingerprint density at radius 3 is 2.47 bits per heavy atom. The standard InChI is InChI=1S/C24H21ClN2O2S/c1-16-24(30-19-12-10-18(25)11-13-19)23-20(26-14-17-6-3-2-4-7-17)8-5-9-21(23)27(16)15-22(28)29/h2-13,26H,14-15H2,1H3,(H,28,29). The van der Waals surface area contributed by atoms with E-state index in [0.29, 0.717) is 11.6 Å². The van der Waals surface area contributed by atoms with Crippen LogP contribution in [0.2, 0.25) is 5.02 Å². The van der Waals surface area contributed by atoms with Crippen LogP contribution in [0.4, 0.5) is 5.69 Å². The van der Waals surface area contributed by atoms with Crippen molar-refractivity contribution >= 4 is 45.9 Å². The van der Waals surface area contributed by atoms with Crippen molar-refractivity contribution in [3.8, 4) is 0 Å². The molecule has 30 heavy (non-hydrogen) atoms. The largest absolute Gasteiger partial charge is 0.480 e. The molecule has 0 atom stereocenters. The van der Waals surface area contributed by atoms with Gasteiger partial charge in [0, 0.05) is 38.1 Å². The average molecular weight is 437 g/mol. The fraction of sp³-hybridized carbons (Fsp3) is 0.125. The molecule has 0 aliphatic rings. The van der Waals surface area contributed by atoms with E-state index in [1.807, 2.05) is 72.2 Å². The minimum Gasteiger partial charge on any atom is -0.480 e. The van der Waals surface area contributed by atoms with Crippen LogP contribution < -0.4 is 5.32 Å². The number of hydrogen-bond donors (Lipinski definition) is 2. The molecule has 2 N–H and O–H groups in total. The Balaban J connectivity index is 1.79. The predicted molar refractivity (Wildman–Crippen MR) is 124 cm³/mol. The lowest BCUT2D eigenvalue weighted by atomic mass is 10.2. The van der Waals surface area contributed by atoms with E-state index in [0.717, 1.165) is 32.1 Å². The van der Waals surface area contributed by atoms with Crippen LogP contribution in [0.15, 0.2) is 82.6 Å². The van der Waals surface area contributed by atoms with Gasteiger partial charge in [-0.1, -0.05) is 59.8 Å². The summed E-state index contributed by atoms with van der Waals surface area (Å²) >= 11 is 7.66. The van der Waals surface area contributed by atoms with Gasteiger partial charge in [0.2, 0.25) is 0 Å². The Morgan fingerprint density at radius 2 is 1.77 bits per heavy atom. The Kier molecular flexibility index (Phi) is 6.02. The van der Waals surface area contributed by atoms with Gasteiger partial charge in [-0.2, -0.15) is 0 Å². The van der Waals surface area contributed by atoms with E-state index in [2.05, 4.69) is 17.4 Å². The molecule has 1 heterocycles. The van der Waals surface area contributed by atoms with Gasteiger partial charge >= 0.3 is 5.97 Å². The normalized spacial score (nSPS) is 11.0. The molecule has 0 aliphatic heterocycles. The summed E-state index contributed by atoms with van der Waals surface area (Å²) in [6.45, 7) is 2.59. The first-order valence-corrected chi connectivity index (χ1v) is 10.8. The number of carboxylic acids is 1. The second-order valence-electron chi connectivity index (χ2n) is 6.99. The van der Waals surface area contributed by atoms with Gasteiger partial charge in [0.05, 0.1) is 5.52 Å². The molecule has 0 saturated carbocycles. The zero-order chi connectivity index (χ0) is 21.1. The molecular formula is C24H21ClN2O2S. The zero-order valence-corrected chi connectivity index (χ0v) is 18.0. The topological polar surface area (TPSA) is 54.3 Å². The quantitative estimate of drug-likeness (QED) is 0.349. The van der Waals surface area contributed by atoms with Crippen LogP contribution in [-0.4, -0.2) is 15.6 Å². The van der Waals surface area contributed by atoms with Gasteiger partial charge < -0.3 is 15.0 Å². The second kappa shape index (κ2) is 8.86. The minimum absolute atomic E-state index is 0.0777. The van der Waals surface area contributed by atoms with Crippen molar-refractivity contribution in [1.82, 2.24) is 4.57 Å². The smallest absolute Gasteiger partial charge is 0.323 e. The molecule has 4 aromatic rings. The lowest BCUT2D eigenvalue weighted by Crippen LogP contribution is -2.09. The summed E-state index contributed by atoms with van der Waals surface area (Å²) in [6, 6.07) is 23.9. The first kappa shape index (κ1) is 20.4. The number of aliphatic carboxylic acids is 1. The van der Waals surface area contributed by atoms with Crippen LogP contribution in [0.1, 0.15) is 11.3 Å². The van der Waals surface area contributed by atoms with Crippen molar-refractivity contribution in [2.75, 3.05) is 5.32 Å². The molecular weight excluding hydrogens is 416 g/mol. The van der Waals surface area contributed by atoms with Crippen LogP contribution in [0, 0.1) is 6.92 Å². The predicted octanol–water partition coefficient (Wildman–Crippen LogP) is 6.45. The summed E-state index contributed by atoms with van der Waals surface area (Å²) in [6.07, 6.45) is 0. The maximum atomic E-state index is 11.5. The molecule has 0 radical (unpaired) electrons. The van der Waals surface area contributed by atoms with Gasteiger partial charge in [-0.25, -0.2) is 0 Å². The first-order chi connectivity index (χ1) is 14.5. The van der Waals surface area contributed by atoms with E-state index >= 15 is 0 Å². The molecule has 6 heteroatoms. The summed E-state index contributed by atoms with van der Waals surface area (Å²) in [7, 11) is 0. The van der Waals surface area contributed by atoms with Gasteiger partial charge in [-0.05, 0) is 48.9 Å². The van der Waals surface area contributed by atoms with E-state index in [9.17, 15) is 9.90 Å². The third-order valence-corrected chi connectivity index (χ3v) is 6.41. The second-order valence-corrected chi connectivity index (χ2v) is 8.51. The van der Waals surface area contributed by atoms with Crippen LogP contribution in [0.3, 0.4) is 0 Å². The third kappa shape index (κ3) is 4.32. The number of benzene rings is 3. The van der Waals surface area contributed by atoms with Gasteiger partial charge in [0.25, 0.3) is 0 Å². The number of anilines is 1. The number of halogens is 1. The van der Waals surface area contributed by atoms with Crippen LogP contribution in [0.25, 0.3) is 10.9 Å². The number of carbonyl (C=O) groups is 1. The number of fused-ring (bicyclic) bond motifs is 1.